The molecule has 0 radical (unpaired) electrons. The zero-order chi connectivity index (χ0) is 22.9. The summed E-state index contributed by atoms with van der Waals surface area (Å²) in [5.41, 5.74) is 3.76. The normalized spacial score (nSPS) is 15.2. The van der Waals surface area contributed by atoms with Crippen molar-refractivity contribution >= 4 is 62.5 Å². The Kier molecular flexibility index (Phi) is 6.07. The molecule has 2 amide bonds. The summed E-state index contributed by atoms with van der Waals surface area (Å²) >= 11 is 3.19. The van der Waals surface area contributed by atoms with Crippen LogP contribution in [0.3, 0.4) is 0 Å². The standard InChI is InChI=1S/C26H18FIN2O2S/c27-20-9-5-17(6-10-20)14-29-16-19(22-3-1-2-4-23(22)29)13-24-25(31)30(26(32)33-24)15-18-7-11-21(28)12-8-18/h1-13,16H,14-15H2/b24-13-. The molecule has 0 aliphatic carbocycles. The average Bonchev–Trinajstić information content (AvgIpc) is 3.29. The van der Waals surface area contributed by atoms with Crippen LogP contribution in [0.2, 0.25) is 0 Å². The molecular formula is C26H18FIN2O2S. The van der Waals surface area contributed by atoms with Crippen LogP contribution < -0.4 is 0 Å². The predicted octanol–water partition coefficient (Wildman–Crippen LogP) is 6.67. The van der Waals surface area contributed by atoms with Gasteiger partial charge in [-0.3, -0.25) is 14.5 Å². The molecule has 2 heterocycles. The van der Waals surface area contributed by atoms with Gasteiger partial charge in [-0.2, -0.15) is 0 Å². The molecule has 0 saturated carbocycles. The van der Waals surface area contributed by atoms with Crippen LogP contribution in [-0.2, 0) is 17.9 Å². The van der Waals surface area contributed by atoms with Gasteiger partial charge in [-0.15, -0.1) is 0 Å². The lowest BCUT2D eigenvalue weighted by Gasteiger charge is -2.12. The van der Waals surface area contributed by atoms with Crippen molar-refractivity contribution in [3.8, 4) is 0 Å². The van der Waals surface area contributed by atoms with Gasteiger partial charge in [0.25, 0.3) is 11.1 Å². The van der Waals surface area contributed by atoms with Crippen LogP contribution in [0.1, 0.15) is 16.7 Å². The van der Waals surface area contributed by atoms with Gasteiger partial charge in [0.2, 0.25) is 0 Å². The Hall–Kier alpha value is -2.91. The molecule has 4 aromatic rings. The minimum absolute atomic E-state index is 0.255. The highest BCUT2D eigenvalue weighted by molar-refractivity contribution is 14.1. The van der Waals surface area contributed by atoms with E-state index in [1.54, 1.807) is 18.2 Å². The Morgan fingerprint density at radius 3 is 2.30 bits per heavy atom. The van der Waals surface area contributed by atoms with Crippen LogP contribution in [0.15, 0.2) is 83.9 Å². The van der Waals surface area contributed by atoms with E-state index in [0.717, 1.165) is 42.9 Å². The smallest absolute Gasteiger partial charge is 0.293 e. The number of carbonyl (C=O) groups is 2. The van der Waals surface area contributed by atoms with Crippen LogP contribution in [0, 0.1) is 9.39 Å². The summed E-state index contributed by atoms with van der Waals surface area (Å²) in [6, 6.07) is 22.1. The second kappa shape index (κ2) is 9.15. The van der Waals surface area contributed by atoms with E-state index in [9.17, 15) is 14.0 Å². The molecular weight excluding hydrogens is 550 g/mol. The van der Waals surface area contributed by atoms with Gasteiger partial charge in [-0.25, -0.2) is 4.39 Å². The maximum absolute atomic E-state index is 13.3. The molecule has 0 bridgehead atoms. The summed E-state index contributed by atoms with van der Waals surface area (Å²) in [6.45, 7) is 0.828. The van der Waals surface area contributed by atoms with Crippen molar-refractivity contribution in [3.05, 3.63) is 110 Å². The molecule has 1 saturated heterocycles. The van der Waals surface area contributed by atoms with Crippen LogP contribution in [-0.4, -0.2) is 20.6 Å². The molecule has 0 spiro atoms. The molecule has 1 aliphatic heterocycles. The van der Waals surface area contributed by atoms with E-state index < -0.39 is 0 Å². The second-order valence-corrected chi connectivity index (χ2v) is 9.99. The van der Waals surface area contributed by atoms with Gasteiger partial charge in [0, 0.05) is 32.8 Å². The van der Waals surface area contributed by atoms with Gasteiger partial charge in [-0.05, 0) is 81.9 Å². The molecule has 164 valence electrons. The van der Waals surface area contributed by atoms with E-state index in [1.807, 2.05) is 54.7 Å². The molecule has 0 unspecified atom stereocenters. The third kappa shape index (κ3) is 4.60. The number of rotatable bonds is 5. The minimum Gasteiger partial charge on any atom is -0.342 e. The summed E-state index contributed by atoms with van der Waals surface area (Å²) in [4.78, 5) is 27.3. The predicted molar refractivity (Wildman–Crippen MR) is 138 cm³/mol. The summed E-state index contributed by atoms with van der Waals surface area (Å²) in [6.07, 6.45) is 3.77. The minimum atomic E-state index is -0.279. The first-order chi connectivity index (χ1) is 16.0. The Balaban J connectivity index is 1.45. The van der Waals surface area contributed by atoms with Crippen LogP contribution in [0.4, 0.5) is 9.18 Å². The highest BCUT2D eigenvalue weighted by Gasteiger charge is 2.35. The number of nitrogens with zero attached hydrogens (tertiary/aromatic N) is 2. The number of fused-ring (bicyclic) bond motifs is 1. The maximum atomic E-state index is 13.3. The van der Waals surface area contributed by atoms with E-state index in [4.69, 9.17) is 0 Å². The van der Waals surface area contributed by atoms with Gasteiger partial charge in [-0.1, -0.05) is 42.5 Å². The van der Waals surface area contributed by atoms with Gasteiger partial charge >= 0.3 is 0 Å². The number of halogens is 2. The van der Waals surface area contributed by atoms with E-state index >= 15 is 0 Å². The van der Waals surface area contributed by atoms with Crippen molar-refractivity contribution in [3.63, 3.8) is 0 Å². The van der Waals surface area contributed by atoms with Crippen LogP contribution >= 0.6 is 34.4 Å². The van der Waals surface area contributed by atoms with Crippen molar-refractivity contribution in [2.24, 2.45) is 0 Å². The zero-order valence-electron chi connectivity index (χ0n) is 17.4. The lowest BCUT2D eigenvalue weighted by atomic mass is 10.1. The average molecular weight is 568 g/mol. The number of carbonyl (C=O) groups excluding carboxylic acids is 2. The number of aromatic nitrogens is 1. The van der Waals surface area contributed by atoms with E-state index in [1.165, 1.54) is 17.0 Å². The highest BCUT2D eigenvalue weighted by atomic mass is 127. The lowest BCUT2D eigenvalue weighted by molar-refractivity contribution is -0.123. The second-order valence-electron chi connectivity index (χ2n) is 7.75. The van der Waals surface area contributed by atoms with Gasteiger partial charge in [0.1, 0.15) is 5.82 Å². The van der Waals surface area contributed by atoms with E-state index in [0.29, 0.717) is 11.4 Å². The summed E-state index contributed by atoms with van der Waals surface area (Å²) in [7, 11) is 0. The first-order valence-corrected chi connectivity index (χ1v) is 12.2. The van der Waals surface area contributed by atoms with Gasteiger partial charge in [0.15, 0.2) is 0 Å². The number of hydrogen-bond acceptors (Lipinski definition) is 3. The third-order valence-electron chi connectivity index (χ3n) is 5.50. The number of para-hydroxylation sites is 1. The van der Waals surface area contributed by atoms with Crippen molar-refractivity contribution in [2.75, 3.05) is 0 Å². The number of benzene rings is 3. The number of hydrogen-bond donors (Lipinski definition) is 0. The maximum Gasteiger partial charge on any atom is 0.293 e. The summed E-state index contributed by atoms with van der Waals surface area (Å²) in [5.74, 6) is -0.545. The zero-order valence-corrected chi connectivity index (χ0v) is 20.3. The van der Waals surface area contributed by atoms with E-state index in [2.05, 4.69) is 27.2 Å². The number of thioether (sulfide) groups is 1. The molecule has 7 heteroatoms. The SMILES string of the molecule is O=C1S/C(=C\c2cn(Cc3ccc(F)cc3)c3ccccc23)C(=O)N1Cc1ccc(I)cc1. The summed E-state index contributed by atoms with van der Waals surface area (Å²) < 4.78 is 16.5. The fourth-order valence-corrected chi connectivity index (χ4v) is 5.05. The Bertz CT molecular complexity index is 1390. The molecule has 0 atom stereocenters. The molecule has 1 fully saturated rings. The number of imide groups is 1. The summed E-state index contributed by atoms with van der Waals surface area (Å²) in [5, 5.41) is 0.726. The fourth-order valence-electron chi connectivity index (χ4n) is 3.86. The first kappa shape index (κ1) is 21.9. The largest absolute Gasteiger partial charge is 0.342 e. The fraction of sp³-hybridized carbons (Fsp3) is 0.0769. The Labute approximate surface area is 208 Å². The van der Waals surface area contributed by atoms with Crippen molar-refractivity contribution in [2.45, 2.75) is 13.1 Å². The topological polar surface area (TPSA) is 42.3 Å². The number of amides is 2. The van der Waals surface area contributed by atoms with Crippen molar-refractivity contribution < 1.29 is 14.0 Å². The highest BCUT2D eigenvalue weighted by Crippen LogP contribution is 2.35. The first-order valence-electron chi connectivity index (χ1n) is 10.3. The molecule has 1 aromatic heterocycles. The Morgan fingerprint density at radius 2 is 1.55 bits per heavy atom. The van der Waals surface area contributed by atoms with Gasteiger partial charge < -0.3 is 4.57 Å². The molecule has 3 aromatic carbocycles. The quantitative estimate of drug-likeness (QED) is 0.200. The third-order valence-corrected chi connectivity index (χ3v) is 7.13. The molecule has 4 nitrogen and oxygen atoms in total. The monoisotopic (exact) mass is 568 g/mol. The Morgan fingerprint density at radius 1 is 0.879 bits per heavy atom. The lowest BCUT2D eigenvalue weighted by Crippen LogP contribution is -2.27. The molecule has 1 aliphatic rings. The molecule has 5 rings (SSSR count). The van der Waals surface area contributed by atoms with E-state index in [-0.39, 0.29) is 23.5 Å². The van der Waals surface area contributed by atoms with Crippen LogP contribution in [0.5, 0.6) is 0 Å². The van der Waals surface area contributed by atoms with Crippen LogP contribution in [0.25, 0.3) is 17.0 Å². The molecule has 33 heavy (non-hydrogen) atoms. The molecule has 0 N–H and O–H groups in total. The van der Waals surface area contributed by atoms with Crippen molar-refractivity contribution in [1.29, 1.82) is 0 Å². The van der Waals surface area contributed by atoms with Gasteiger partial charge in [0.05, 0.1) is 11.4 Å². The van der Waals surface area contributed by atoms with Crippen molar-refractivity contribution in [1.82, 2.24) is 9.47 Å².